The Morgan fingerprint density at radius 1 is 1.23 bits per heavy atom. The fourth-order valence-corrected chi connectivity index (χ4v) is 3.64. The third-order valence-corrected chi connectivity index (χ3v) is 5.13. The van der Waals surface area contributed by atoms with Crippen molar-refractivity contribution < 1.29 is 8.42 Å². The van der Waals surface area contributed by atoms with Crippen LogP contribution >= 0.6 is 0 Å². The van der Waals surface area contributed by atoms with Crippen LogP contribution in [0.4, 0.5) is 0 Å². The lowest BCUT2D eigenvalue weighted by atomic mass is 10.0. The number of sulfonamides is 1. The van der Waals surface area contributed by atoms with E-state index in [1.165, 1.54) is 10.6 Å². The Balaban J connectivity index is 1.91. The first-order valence-electron chi connectivity index (χ1n) is 7.16. The van der Waals surface area contributed by atoms with E-state index in [9.17, 15) is 8.42 Å². The van der Waals surface area contributed by atoms with Gasteiger partial charge in [-0.15, -0.1) is 0 Å². The van der Waals surface area contributed by atoms with Crippen molar-refractivity contribution >= 4 is 10.0 Å². The van der Waals surface area contributed by atoms with Crippen molar-refractivity contribution in [3.8, 4) is 11.4 Å². The second-order valence-corrected chi connectivity index (χ2v) is 7.75. The summed E-state index contributed by atoms with van der Waals surface area (Å²) in [4.78, 5) is 8.93. The number of nitrogens with zero attached hydrogens (tertiary/aromatic N) is 4. The van der Waals surface area contributed by atoms with Crippen LogP contribution in [-0.2, 0) is 10.0 Å². The number of aryl methyl sites for hydroxylation is 2. The van der Waals surface area contributed by atoms with Crippen molar-refractivity contribution in [3.05, 3.63) is 29.3 Å². The molecule has 0 saturated carbocycles. The second kappa shape index (κ2) is 5.44. The lowest BCUT2D eigenvalue weighted by Gasteiger charge is -2.13. The topological polar surface area (TPSA) is 91.8 Å². The normalized spacial score (nSPS) is 19.7. The summed E-state index contributed by atoms with van der Waals surface area (Å²) in [5.74, 6) is 0.779. The molecular weight excluding hydrogens is 302 g/mol. The minimum Gasteiger partial charge on any atom is -0.282 e. The number of nitrogens with one attached hydrogen (secondary N) is 1. The summed E-state index contributed by atoms with van der Waals surface area (Å²) < 4.78 is 24.8. The van der Waals surface area contributed by atoms with E-state index in [1.54, 1.807) is 0 Å². The highest BCUT2D eigenvalue weighted by atomic mass is 32.2. The van der Waals surface area contributed by atoms with Gasteiger partial charge < -0.3 is 0 Å². The Morgan fingerprint density at radius 3 is 2.59 bits per heavy atom. The molecule has 2 aromatic heterocycles. The van der Waals surface area contributed by atoms with Crippen molar-refractivity contribution in [1.29, 1.82) is 0 Å². The lowest BCUT2D eigenvalue weighted by Crippen LogP contribution is -2.27. The highest BCUT2D eigenvalue weighted by Gasteiger charge is 2.30. The third-order valence-electron chi connectivity index (χ3n) is 3.86. The number of hydrogen-bond acceptors (Lipinski definition) is 5. The van der Waals surface area contributed by atoms with Crippen molar-refractivity contribution in [3.63, 3.8) is 0 Å². The minimum atomic E-state index is -3.14. The van der Waals surface area contributed by atoms with Crippen LogP contribution in [-0.4, -0.2) is 52.2 Å². The van der Waals surface area contributed by atoms with Gasteiger partial charge in [-0.2, -0.15) is 5.10 Å². The Hall–Kier alpha value is -1.80. The molecule has 2 aromatic rings. The van der Waals surface area contributed by atoms with Crippen LogP contribution < -0.4 is 0 Å². The summed E-state index contributed by atoms with van der Waals surface area (Å²) >= 11 is 0. The Kier molecular flexibility index (Phi) is 3.73. The second-order valence-electron chi connectivity index (χ2n) is 5.77. The smallest absolute Gasteiger partial charge is 0.211 e. The average Bonchev–Trinajstić information content (AvgIpc) is 3.05. The van der Waals surface area contributed by atoms with E-state index in [0.29, 0.717) is 18.9 Å². The number of aromatic nitrogens is 4. The molecule has 0 amide bonds. The number of H-pyrrole nitrogens is 1. The fraction of sp³-hybridized carbons (Fsp3) is 0.500. The molecule has 8 heteroatoms. The SMILES string of the molecule is Cc1nc(-c2cc(C)[nH]n2)cc([C@@H]2CCN(S(C)(=O)=O)C2)n1. The standard InChI is InChI=1S/C14H19N5O2S/c1-9-6-14(18-17-9)13-7-12(15-10(2)16-13)11-4-5-19(8-11)22(3,20)21/h6-7,11H,4-5,8H2,1-3H3,(H,17,18)/t11-/m1/s1. The Labute approximate surface area is 129 Å². The van der Waals surface area contributed by atoms with Crippen LogP contribution in [0.1, 0.15) is 29.6 Å². The molecule has 0 aromatic carbocycles. The van der Waals surface area contributed by atoms with Gasteiger partial charge in [0.25, 0.3) is 0 Å². The highest BCUT2D eigenvalue weighted by Crippen LogP contribution is 2.29. The summed E-state index contributed by atoms with van der Waals surface area (Å²) in [5.41, 5.74) is 3.40. The monoisotopic (exact) mass is 321 g/mol. The molecule has 7 nitrogen and oxygen atoms in total. The molecule has 0 spiro atoms. The minimum absolute atomic E-state index is 0.107. The van der Waals surface area contributed by atoms with E-state index in [0.717, 1.165) is 29.2 Å². The van der Waals surface area contributed by atoms with Gasteiger partial charge in [-0.1, -0.05) is 0 Å². The molecule has 1 saturated heterocycles. The first-order valence-corrected chi connectivity index (χ1v) is 9.01. The maximum absolute atomic E-state index is 11.6. The first-order chi connectivity index (χ1) is 10.3. The van der Waals surface area contributed by atoms with Gasteiger partial charge in [0.15, 0.2) is 0 Å². The molecule has 0 unspecified atom stereocenters. The maximum atomic E-state index is 11.6. The van der Waals surface area contributed by atoms with Gasteiger partial charge >= 0.3 is 0 Å². The van der Waals surface area contributed by atoms with Gasteiger partial charge in [-0.25, -0.2) is 22.7 Å². The molecular formula is C14H19N5O2S. The molecule has 1 aliphatic rings. The zero-order valence-electron chi connectivity index (χ0n) is 12.9. The van der Waals surface area contributed by atoms with Crippen molar-refractivity contribution in [2.24, 2.45) is 0 Å². The number of aromatic amines is 1. The van der Waals surface area contributed by atoms with E-state index in [-0.39, 0.29) is 5.92 Å². The van der Waals surface area contributed by atoms with Crippen LogP contribution in [0, 0.1) is 13.8 Å². The lowest BCUT2D eigenvalue weighted by molar-refractivity contribution is 0.477. The van der Waals surface area contributed by atoms with Gasteiger partial charge in [0.1, 0.15) is 11.5 Å². The predicted molar refractivity (Wildman–Crippen MR) is 82.9 cm³/mol. The molecule has 3 heterocycles. The van der Waals surface area contributed by atoms with E-state index < -0.39 is 10.0 Å². The summed E-state index contributed by atoms with van der Waals surface area (Å²) in [6, 6.07) is 3.85. The molecule has 0 bridgehead atoms. The van der Waals surface area contributed by atoms with Crippen molar-refractivity contribution in [2.45, 2.75) is 26.2 Å². The summed E-state index contributed by atoms with van der Waals surface area (Å²) in [6.07, 6.45) is 2.03. The third kappa shape index (κ3) is 3.02. The largest absolute Gasteiger partial charge is 0.282 e. The maximum Gasteiger partial charge on any atom is 0.211 e. The van der Waals surface area contributed by atoms with Gasteiger partial charge in [-0.05, 0) is 32.4 Å². The molecule has 1 aliphatic heterocycles. The fourth-order valence-electron chi connectivity index (χ4n) is 2.75. The zero-order chi connectivity index (χ0) is 15.9. The van der Waals surface area contributed by atoms with Gasteiger partial charge in [0.2, 0.25) is 10.0 Å². The quantitative estimate of drug-likeness (QED) is 0.918. The molecule has 0 radical (unpaired) electrons. The first kappa shape index (κ1) is 15.1. The van der Waals surface area contributed by atoms with Crippen molar-refractivity contribution in [2.75, 3.05) is 19.3 Å². The molecule has 118 valence electrons. The molecule has 1 N–H and O–H groups in total. The van der Waals surface area contributed by atoms with Gasteiger partial charge in [0, 0.05) is 30.4 Å². The number of rotatable bonds is 3. The Morgan fingerprint density at radius 2 is 2.00 bits per heavy atom. The predicted octanol–water partition coefficient (Wildman–Crippen LogP) is 1.23. The summed E-state index contributed by atoms with van der Waals surface area (Å²) in [5, 5.41) is 7.13. The molecule has 1 fully saturated rings. The molecule has 0 aliphatic carbocycles. The van der Waals surface area contributed by atoms with E-state index in [1.807, 2.05) is 26.0 Å². The van der Waals surface area contributed by atoms with Crippen LogP contribution in [0.2, 0.25) is 0 Å². The van der Waals surface area contributed by atoms with Gasteiger partial charge in [0.05, 0.1) is 11.9 Å². The molecule has 1 atom stereocenters. The van der Waals surface area contributed by atoms with Crippen molar-refractivity contribution in [1.82, 2.24) is 24.5 Å². The van der Waals surface area contributed by atoms with Crippen LogP contribution in [0.5, 0.6) is 0 Å². The Bertz CT molecular complexity index is 799. The van der Waals surface area contributed by atoms with Crippen LogP contribution in [0.3, 0.4) is 0 Å². The highest BCUT2D eigenvalue weighted by molar-refractivity contribution is 7.88. The molecule has 22 heavy (non-hydrogen) atoms. The zero-order valence-corrected chi connectivity index (χ0v) is 13.7. The van der Waals surface area contributed by atoms with Gasteiger partial charge in [-0.3, -0.25) is 5.10 Å². The van der Waals surface area contributed by atoms with E-state index in [2.05, 4.69) is 20.2 Å². The average molecular weight is 321 g/mol. The van der Waals surface area contributed by atoms with E-state index >= 15 is 0 Å². The number of hydrogen-bond donors (Lipinski definition) is 1. The summed E-state index contributed by atoms with van der Waals surface area (Å²) in [6.45, 7) is 4.81. The van der Waals surface area contributed by atoms with Crippen LogP contribution in [0.15, 0.2) is 12.1 Å². The molecule has 3 rings (SSSR count). The summed E-state index contributed by atoms with van der Waals surface area (Å²) in [7, 11) is -3.14. The van der Waals surface area contributed by atoms with E-state index in [4.69, 9.17) is 0 Å². The van der Waals surface area contributed by atoms with Crippen LogP contribution in [0.25, 0.3) is 11.4 Å².